The Morgan fingerprint density at radius 3 is 2.84 bits per heavy atom. The lowest BCUT2D eigenvalue weighted by Gasteiger charge is -2.33. The number of rotatable bonds is 5. The molecule has 4 rings (SSSR count). The van der Waals surface area contributed by atoms with Crippen LogP contribution in [-0.4, -0.2) is 48.6 Å². The highest BCUT2D eigenvalue weighted by molar-refractivity contribution is 7.20. The molecule has 0 radical (unpaired) electrons. The molecule has 0 saturated carbocycles. The molecule has 7 heteroatoms. The summed E-state index contributed by atoms with van der Waals surface area (Å²) in [4.78, 5) is 19.2. The van der Waals surface area contributed by atoms with Gasteiger partial charge >= 0.3 is 0 Å². The summed E-state index contributed by atoms with van der Waals surface area (Å²) in [6.07, 6.45) is 1.66. The molecule has 0 aliphatic carbocycles. The Labute approximate surface area is 149 Å². The molecule has 1 aromatic carbocycles. The molecule has 1 saturated heterocycles. The number of amides is 1. The predicted molar refractivity (Wildman–Crippen MR) is 95.8 cm³/mol. The molecule has 1 atom stereocenters. The van der Waals surface area contributed by atoms with Crippen LogP contribution in [0.4, 0.5) is 0 Å². The van der Waals surface area contributed by atoms with Crippen molar-refractivity contribution in [1.82, 2.24) is 15.2 Å². The van der Waals surface area contributed by atoms with Gasteiger partial charge in [-0.2, -0.15) is 0 Å². The van der Waals surface area contributed by atoms with Crippen LogP contribution in [0.1, 0.15) is 21.6 Å². The standard InChI is InChI=1S/C18H19N3O3S/c22-17(18-20-13-4-1-2-6-16(13)25-18)19-12-14(15-5-3-9-24-15)21-7-10-23-11-8-21/h1-6,9,14H,7-8,10-12H2,(H,19,22). The van der Waals surface area contributed by atoms with Crippen molar-refractivity contribution < 1.29 is 13.9 Å². The number of benzene rings is 1. The van der Waals surface area contributed by atoms with Crippen LogP contribution in [-0.2, 0) is 4.74 Å². The number of hydrogen-bond acceptors (Lipinski definition) is 6. The second kappa shape index (κ2) is 7.35. The quantitative estimate of drug-likeness (QED) is 0.760. The van der Waals surface area contributed by atoms with Gasteiger partial charge in [-0.3, -0.25) is 9.69 Å². The first-order valence-corrected chi connectivity index (χ1v) is 9.12. The normalized spacial score (nSPS) is 16.8. The fourth-order valence-corrected chi connectivity index (χ4v) is 3.90. The summed E-state index contributed by atoms with van der Waals surface area (Å²) < 4.78 is 12.0. The number of morpholine rings is 1. The number of furan rings is 1. The fraction of sp³-hybridized carbons (Fsp3) is 0.333. The molecule has 0 spiro atoms. The first kappa shape index (κ1) is 16.3. The second-order valence-corrected chi connectivity index (χ2v) is 6.91. The molecule has 1 aliphatic heterocycles. The first-order chi connectivity index (χ1) is 12.3. The molecule has 0 bridgehead atoms. The molecule has 130 valence electrons. The molecule has 1 fully saturated rings. The maximum atomic E-state index is 12.5. The number of fused-ring (bicyclic) bond motifs is 1. The Bertz CT molecular complexity index is 807. The molecular weight excluding hydrogens is 338 g/mol. The number of para-hydroxylation sites is 1. The maximum Gasteiger partial charge on any atom is 0.280 e. The van der Waals surface area contributed by atoms with Gasteiger partial charge in [-0.05, 0) is 24.3 Å². The summed E-state index contributed by atoms with van der Waals surface area (Å²) >= 11 is 1.41. The lowest BCUT2D eigenvalue weighted by atomic mass is 10.1. The molecule has 3 aromatic rings. The molecule has 3 heterocycles. The van der Waals surface area contributed by atoms with Crippen LogP contribution in [0, 0.1) is 0 Å². The van der Waals surface area contributed by atoms with Gasteiger partial charge in [0.2, 0.25) is 0 Å². The van der Waals surface area contributed by atoms with Crippen LogP contribution in [0.5, 0.6) is 0 Å². The van der Waals surface area contributed by atoms with E-state index in [0.29, 0.717) is 24.8 Å². The summed E-state index contributed by atoms with van der Waals surface area (Å²) in [5.41, 5.74) is 0.855. The van der Waals surface area contributed by atoms with Crippen molar-refractivity contribution >= 4 is 27.5 Å². The summed E-state index contributed by atoms with van der Waals surface area (Å²) in [7, 11) is 0. The highest BCUT2D eigenvalue weighted by atomic mass is 32.1. The van der Waals surface area contributed by atoms with Gasteiger partial charge < -0.3 is 14.5 Å². The topological polar surface area (TPSA) is 67.6 Å². The number of carbonyl (C=O) groups is 1. The zero-order valence-electron chi connectivity index (χ0n) is 13.7. The van der Waals surface area contributed by atoms with E-state index in [1.807, 2.05) is 36.4 Å². The van der Waals surface area contributed by atoms with Gasteiger partial charge in [-0.1, -0.05) is 12.1 Å². The third-order valence-corrected chi connectivity index (χ3v) is 5.34. The van der Waals surface area contributed by atoms with E-state index in [1.54, 1.807) is 6.26 Å². The molecule has 1 unspecified atom stereocenters. The van der Waals surface area contributed by atoms with Crippen LogP contribution in [0.2, 0.25) is 0 Å². The average Bonchev–Trinajstić information content (AvgIpc) is 3.32. The molecule has 1 N–H and O–H groups in total. The van der Waals surface area contributed by atoms with Crippen molar-refractivity contribution in [2.24, 2.45) is 0 Å². The van der Waals surface area contributed by atoms with E-state index in [4.69, 9.17) is 9.15 Å². The minimum atomic E-state index is -0.147. The Kier molecular flexibility index (Phi) is 4.78. The van der Waals surface area contributed by atoms with Crippen molar-refractivity contribution in [2.45, 2.75) is 6.04 Å². The van der Waals surface area contributed by atoms with Gasteiger partial charge in [-0.15, -0.1) is 11.3 Å². The SMILES string of the molecule is O=C(NCC(c1ccco1)N1CCOCC1)c1nc2ccccc2s1. The molecular formula is C18H19N3O3S. The van der Waals surface area contributed by atoms with E-state index < -0.39 is 0 Å². The van der Waals surface area contributed by atoms with Crippen LogP contribution in [0.3, 0.4) is 0 Å². The minimum Gasteiger partial charge on any atom is -0.468 e. The Balaban J connectivity index is 1.47. The second-order valence-electron chi connectivity index (χ2n) is 5.88. The number of hydrogen-bond donors (Lipinski definition) is 1. The Morgan fingerprint density at radius 2 is 2.08 bits per heavy atom. The van der Waals surface area contributed by atoms with E-state index in [9.17, 15) is 4.79 Å². The summed E-state index contributed by atoms with van der Waals surface area (Å²) in [5.74, 6) is 0.706. The highest BCUT2D eigenvalue weighted by Gasteiger charge is 2.25. The minimum absolute atomic E-state index is 0.00257. The fourth-order valence-electron chi connectivity index (χ4n) is 3.01. The Morgan fingerprint density at radius 1 is 1.24 bits per heavy atom. The number of nitrogens with zero attached hydrogens (tertiary/aromatic N) is 2. The van der Waals surface area contributed by atoms with Crippen LogP contribution in [0.15, 0.2) is 47.1 Å². The number of ether oxygens (including phenoxy) is 1. The van der Waals surface area contributed by atoms with E-state index >= 15 is 0 Å². The van der Waals surface area contributed by atoms with Crippen molar-refractivity contribution in [3.8, 4) is 0 Å². The lowest BCUT2D eigenvalue weighted by molar-refractivity contribution is 0.0118. The van der Waals surface area contributed by atoms with Crippen molar-refractivity contribution in [3.05, 3.63) is 53.4 Å². The largest absolute Gasteiger partial charge is 0.468 e. The lowest BCUT2D eigenvalue weighted by Crippen LogP contribution is -2.43. The monoisotopic (exact) mass is 357 g/mol. The van der Waals surface area contributed by atoms with Crippen LogP contribution in [0.25, 0.3) is 10.2 Å². The zero-order valence-corrected chi connectivity index (χ0v) is 14.5. The predicted octanol–water partition coefficient (Wildman–Crippen LogP) is 2.69. The van der Waals surface area contributed by atoms with Crippen LogP contribution >= 0.6 is 11.3 Å². The van der Waals surface area contributed by atoms with Crippen molar-refractivity contribution in [1.29, 1.82) is 0 Å². The van der Waals surface area contributed by atoms with Gasteiger partial charge in [0.05, 0.1) is 35.7 Å². The molecule has 6 nitrogen and oxygen atoms in total. The van der Waals surface area contributed by atoms with Gasteiger partial charge in [0.1, 0.15) is 5.76 Å². The average molecular weight is 357 g/mol. The van der Waals surface area contributed by atoms with Crippen molar-refractivity contribution in [3.63, 3.8) is 0 Å². The van der Waals surface area contributed by atoms with Gasteiger partial charge in [0.15, 0.2) is 5.01 Å². The van der Waals surface area contributed by atoms with E-state index in [2.05, 4.69) is 15.2 Å². The van der Waals surface area contributed by atoms with E-state index in [1.165, 1.54) is 11.3 Å². The Hall–Kier alpha value is -2.22. The number of nitrogens with one attached hydrogen (secondary N) is 1. The van der Waals surface area contributed by atoms with E-state index in [0.717, 1.165) is 29.1 Å². The summed E-state index contributed by atoms with van der Waals surface area (Å²) in [5, 5.41) is 3.50. The van der Waals surface area contributed by atoms with Gasteiger partial charge in [0.25, 0.3) is 5.91 Å². The number of thiazole rings is 1. The zero-order chi connectivity index (χ0) is 17.1. The number of aromatic nitrogens is 1. The van der Waals surface area contributed by atoms with Gasteiger partial charge in [-0.25, -0.2) is 4.98 Å². The third-order valence-electron chi connectivity index (χ3n) is 4.30. The first-order valence-electron chi connectivity index (χ1n) is 8.30. The van der Waals surface area contributed by atoms with Gasteiger partial charge in [0, 0.05) is 19.6 Å². The smallest absolute Gasteiger partial charge is 0.280 e. The molecule has 2 aromatic heterocycles. The molecule has 25 heavy (non-hydrogen) atoms. The highest BCUT2D eigenvalue weighted by Crippen LogP contribution is 2.23. The molecule has 1 aliphatic rings. The van der Waals surface area contributed by atoms with Crippen LogP contribution < -0.4 is 5.32 Å². The summed E-state index contributed by atoms with van der Waals surface area (Å²) in [6.45, 7) is 3.51. The third kappa shape index (κ3) is 3.58. The summed E-state index contributed by atoms with van der Waals surface area (Å²) in [6, 6.07) is 11.6. The molecule has 1 amide bonds. The van der Waals surface area contributed by atoms with Crippen molar-refractivity contribution in [2.75, 3.05) is 32.8 Å². The number of carbonyl (C=O) groups excluding carboxylic acids is 1. The van der Waals surface area contributed by atoms with E-state index in [-0.39, 0.29) is 11.9 Å². The maximum absolute atomic E-state index is 12.5.